The molecule has 186 valence electrons. The second-order valence-electron chi connectivity index (χ2n) is 9.99. The number of fused-ring (bicyclic) bond motifs is 6. The number of piperidine rings is 4. The summed E-state index contributed by atoms with van der Waals surface area (Å²) in [5.74, 6) is 1.71. The van der Waals surface area contributed by atoms with E-state index >= 15 is 0 Å². The number of benzene rings is 1. The summed E-state index contributed by atoms with van der Waals surface area (Å²) >= 11 is 0. The number of hydrogen-bond acceptors (Lipinski definition) is 8. The van der Waals surface area contributed by atoms with Gasteiger partial charge >= 0.3 is 5.97 Å². The zero-order chi connectivity index (χ0) is 24.0. The standard InChI is InChI=1S/C25H34N2O7/c1-31-21-7-14(8-22(32-2)24(21)33-3)25(30)34-18-4-5-26-12-15-6-16(19(26)11-18)13-27-20(15)9-17(28)10-23(27)29/h7-8,15-20,28H,4-6,9-13H2,1-3H3. The molecule has 1 aromatic carbocycles. The maximum atomic E-state index is 13.0. The molecule has 4 heterocycles. The summed E-state index contributed by atoms with van der Waals surface area (Å²) in [7, 11) is 4.55. The van der Waals surface area contributed by atoms with Crippen LogP contribution >= 0.6 is 0 Å². The van der Waals surface area contributed by atoms with E-state index in [9.17, 15) is 14.7 Å². The molecule has 4 aliphatic heterocycles. The summed E-state index contributed by atoms with van der Waals surface area (Å²) in [5, 5.41) is 10.1. The smallest absolute Gasteiger partial charge is 0.338 e. The number of nitrogens with zero attached hydrogens (tertiary/aromatic N) is 2. The van der Waals surface area contributed by atoms with Crippen LogP contribution in [0, 0.1) is 11.8 Å². The second kappa shape index (κ2) is 9.26. The third kappa shape index (κ3) is 4.09. The van der Waals surface area contributed by atoms with E-state index in [1.807, 2.05) is 4.90 Å². The molecule has 1 N–H and O–H groups in total. The highest BCUT2D eigenvalue weighted by Gasteiger charge is 2.50. The molecular formula is C25H34N2O7. The first-order valence-electron chi connectivity index (χ1n) is 12.1. The van der Waals surface area contributed by atoms with E-state index in [0.717, 1.165) is 38.9 Å². The quantitative estimate of drug-likeness (QED) is 0.644. The Balaban J connectivity index is 1.27. The van der Waals surface area contributed by atoms with Crippen molar-refractivity contribution in [1.82, 2.24) is 9.80 Å². The fraction of sp³-hybridized carbons (Fsp3) is 0.680. The minimum absolute atomic E-state index is 0.0769. The van der Waals surface area contributed by atoms with Gasteiger partial charge in [0.2, 0.25) is 11.7 Å². The van der Waals surface area contributed by atoms with Crippen LogP contribution in [0.3, 0.4) is 0 Å². The molecule has 1 amide bonds. The van der Waals surface area contributed by atoms with E-state index in [4.69, 9.17) is 18.9 Å². The molecule has 4 saturated heterocycles. The van der Waals surface area contributed by atoms with Gasteiger partial charge in [0.25, 0.3) is 0 Å². The highest BCUT2D eigenvalue weighted by Crippen LogP contribution is 2.44. The third-order valence-corrected chi connectivity index (χ3v) is 8.12. The minimum atomic E-state index is -0.511. The topological polar surface area (TPSA) is 97.8 Å². The molecular weight excluding hydrogens is 440 g/mol. The molecule has 1 aromatic rings. The summed E-state index contributed by atoms with van der Waals surface area (Å²) in [4.78, 5) is 30.2. The van der Waals surface area contributed by atoms with Crippen LogP contribution < -0.4 is 14.2 Å². The predicted octanol–water partition coefficient (Wildman–Crippen LogP) is 1.70. The normalized spacial score (nSPS) is 32.9. The Morgan fingerprint density at radius 3 is 2.35 bits per heavy atom. The summed E-state index contributed by atoms with van der Waals surface area (Å²) < 4.78 is 22.0. The maximum absolute atomic E-state index is 13.0. The average Bonchev–Trinajstić information content (AvgIpc) is 2.84. The fourth-order valence-electron chi connectivity index (χ4n) is 6.58. The Bertz CT molecular complexity index is 928. The van der Waals surface area contributed by atoms with Crippen LogP contribution in [0.1, 0.15) is 42.5 Å². The average molecular weight is 475 g/mol. The monoisotopic (exact) mass is 474 g/mol. The van der Waals surface area contributed by atoms with E-state index in [0.29, 0.717) is 47.1 Å². The summed E-state index contributed by atoms with van der Waals surface area (Å²) in [6, 6.07) is 3.68. The fourth-order valence-corrected chi connectivity index (χ4v) is 6.58. The highest BCUT2D eigenvalue weighted by atomic mass is 16.5. The number of hydrogen-bond donors (Lipinski definition) is 1. The highest BCUT2D eigenvalue weighted by molar-refractivity contribution is 5.91. The summed E-state index contributed by atoms with van der Waals surface area (Å²) in [6.45, 7) is 2.55. The van der Waals surface area contributed by atoms with Crippen molar-refractivity contribution < 1.29 is 33.6 Å². The Morgan fingerprint density at radius 2 is 1.68 bits per heavy atom. The van der Waals surface area contributed by atoms with Gasteiger partial charge in [-0.25, -0.2) is 4.79 Å². The van der Waals surface area contributed by atoms with Gasteiger partial charge in [0.1, 0.15) is 6.10 Å². The molecule has 4 aliphatic rings. The molecule has 0 spiro atoms. The van der Waals surface area contributed by atoms with Gasteiger partial charge in [0.05, 0.1) is 39.4 Å². The van der Waals surface area contributed by atoms with Crippen molar-refractivity contribution in [3.63, 3.8) is 0 Å². The van der Waals surface area contributed by atoms with Gasteiger partial charge in [-0.3, -0.25) is 9.69 Å². The van der Waals surface area contributed by atoms with Gasteiger partial charge in [0, 0.05) is 38.1 Å². The number of methoxy groups -OCH3 is 3. The zero-order valence-corrected chi connectivity index (χ0v) is 20.1. The molecule has 5 rings (SSSR count). The van der Waals surface area contributed by atoms with Crippen molar-refractivity contribution in [2.75, 3.05) is 41.0 Å². The number of carbonyl (C=O) groups is 2. The lowest BCUT2D eigenvalue weighted by Gasteiger charge is -2.57. The molecule has 4 fully saturated rings. The lowest BCUT2D eigenvalue weighted by Crippen LogP contribution is -2.66. The van der Waals surface area contributed by atoms with Gasteiger partial charge in [-0.2, -0.15) is 0 Å². The van der Waals surface area contributed by atoms with E-state index in [2.05, 4.69) is 4.90 Å². The zero-order valence-electron chi connectivity index (χ0n) is 20.1. The number of esters is 1. The Morgan fingerprint density at radius 1 is 0.971 bits per heavy atom. The van der Waals surface area contributed by atoms with Gasteiger partial charge in [-0.05, 0) is 43.2 Å². The minimum Gasteiger partial charge on any atom is -0.493 e. The van der Waals surface area contributed by atoms with Gasteiger partial charge in [0.15, 0.2) is 11.5 Å². The van der Waals surface area contributed by atoms with Gasteiger partial charge in [-0.15, -0.1) is 0 Å². The van der Waals surface area contributed by atoms with Crippen LogP contribution in [0.4, 0.5) is 0 Å². The van der Waals surface area contributed by atoms with Crippen molar-refractivity contribution in [2.45, 2.75) is 56.4 Å². The largest absolute Gasteiger partial charge is 0.493 e. The van der Waals surface area contributed by atoms with E-state index in [1.165, 1.54) is 21.3 Å². The van der Waals surface area contributed by atoms with Crippen molar-refractivity contribution >= 4 is 11.9 Å². The van der Waals surface area contributed by atoms with Crippen molar-refractivity contribution in [3.05, 3.63) is 17.7 Å². The molecule has 34 heavy (non-hydrogen) atoms. The van der Waals surface area contributed by atoms with Crippen molar-refractivity contribution in [2.24, 2.45) is 11.8 Å². The van der Waals surface area contributed by atoms with Gasteiger partial charge in [-0.1, -0.05) is 0 Å². The predicted molar refractivity (Wildman–Crippen MR) is 122 cm³/mol. The molecule has 9 heteroatoms. The molecule has 6 unspecified atom stereocenters. The second-order valence-corrected chi connectivity index (χ2v) is 9.99. The number of rotatable bonds is 5. The molecule has 9 nitrogen and oxygen atoms in total. The first-order valence-corrected chi connectivity index (χ1v) is 12.1. The lowest BCUT2D eigenvalue weighted by molar-refractivity contribution is -0.156. The number of ether oxygens (including phenoxy) is 4. The first-order chi connectivity index (χ1) is 16.4. The van der Waals surface area contributed by atoms with Crippen molar-refractivity contribution in [3.8, 4) is 17.2 Å². The van der Waals surface area contributed by atoms with Crippen LogP contribution in [0.15, 0.2) is 12.1 Å². The third-order valence-electron chi connectivity index (χ3n) is 8.12. The van der Waals surface area contributed by atoms with Crippen molar-refractivity contribution in [1.29, 1.82) is 0 Å². The van der Waals surface area contributed by atoms with Crippen LogP contribution in [0.2, 0.25) is 0 Å². The SMILES string of the molecule is COc1cc(C(=O)OC2CCN3CC4CC(CN5C(=O)CC(O)CC45)C3C2)cc(OC)c1OC. The van der Waals surface area contributed by atoms with Crippen LogP contribution in [0.25, 0.3) is 0 Å². The number of aliphatic hydroxyl groups is 1. The number of aliphatic hydroxyl groups excluding tert-OH is 1. The molecule has 0 aliphatic carbocycles. The van der Waals surface area contributed by atoms with E-state index in [-0.39, 0.29) is 24.5 Å². The number of amides is 1. The van der Waals surface area contributed by atoms with Gasteiger partial charge < -0.3 is 29.0 Å². The summed E-state index contributed by atoms with van der Waals surface area (Å²) in [5.41, 5.74) is 0.360. The van der Waals surface area contributed by atoms with Crippen LogP contribution in [-0.4, -0.2) is 92.0 Å². The maximum Gasteiger partial charge on any atom is 0.338 e. The molecule has 0 aromatic heterocycles. The Hall–Kier alpha value is -2.52. The molecule has 0 saturated carbocycles. The Labute approximate surface area is 199 Å². The van der Waals surface area contributed by atoms with E-state index < -0.39 is 12.1 Å². The molecule has 6 atom stereocenters. The first kappa shape index (κ1) is 23.2. The summed E-state index contributed by atoms with van der Waals surface area (Å²) in [6.07, 6.45) is 2.85. The van der Waals surface area contributed by atoms with Crippen LogP contribution in [0.5, 0.6) is 17.2 Å². The lowest BCUT2D eigenvalue weighted by atomic mass is 9.70. The van der Waals surface area contributed by atoms with Crippen LogP contribution in [-0.2, 0) is 9.53 Å². The number of carbonyl (C=O) groups excluding carboxylic acids is 2. The van der Waals surface area contributed by atoms with E-state index in [1.54, 1.807) is 12.1 Å². The molecule has 2 bridgehead atoms. The Kier molecular flexibility index (Phi) is 6.33. The molecule has 0 radical (unpaired) electrons.